The molecule has 1 aromatic rings. The number of oxime groups is 1. The van der Waals surface area contributed by atoms with Crippen LogP contribution in [-0.2, 0) is 13.0 Å². The molecule has 0 radical (unpaired) electrons. The zero-order chi connectivity index (χ0) is 9.10. The summed E-state index contributed by atoms with van der Waals surface area (Å²) in [6.45, 7) is 1.78. The largest absolute Gasteiger partial charge is 0.410 e. The molecule has 0 fully saturated rings. The Morgan fingerprint density at radius 1 is 1.31 bits per heavy atom. The first-order valence-electron chi connectivity index (χ1n) is 4.38. The van der Waals surface area contributed by atoms with Crippen molar-refractivity contribution in [1.29, 1.82) is 0 Å². The first kappa shape index (κ1) is 8.10. The van der Waals surface area contributed by atoms with Crippen LogP contribution in [0.3, 0.4) is 0 Å². The lowest BCUT2D eigenvalue weighted by atomic mass is 10.0. The van der Waals surface area contributed by atoms with Gasteiger partial charge in [-0.2, -0.15) is 0 Å². The summed E-state index contributed by atoms with van der Waals surface area (Å²) in [5.74, 6) is 0. The number of benzene rings is 1. The molecular formula is C10H12N2O. The minimum atomic E-state index is 0.847. The van der Waals surface area contributed by atoms with Gasteiger partial charge in [-0.15, -0.1) is 0 Å². The molecule has 1 heterocycles. The molecule has 0 amide bonds. The van der Waals surface area contributed by atoms with E-state index >= 15 is 0 Å². The lowest BCUT2D eigenvalue weighted by Crippen LogP contribution is -2.29. The molecule has 68 valence electrons. The van der Waals surface area contributed by atoms with E-state index in [0.29, 0.717) is 0 Å². The fraction of sp³-hybridized carbons (Fsp3) is 0.300. The van der Waals surface area contributed by atoms with E-state index in [1.165, 1.54) is 17.5 Å². The molecule has 0 aliphatic carbocycles. The van der Waals surface area contributed by atoms with Crippen LogP contribution in [0.15, 0.2) is 29.4 Å². The maximum Gasteiger partial charge on any atom is 0.131 e. The van der Waals surface area contributed by atoms with Crippen molar-refractivity contribution in [2.45, 2.75) is 13.0 Å². The van der Waals surface area contributed by atoms with Crippen molar-refractivity contribution in [2.75, 3.05) is 6.54 Å². The van der Waals surface area contributed by atoms with Crippen LogP contribution in [0.2, 0.25) is 0 Å². The molecule has 1 aliphatic heterocycles. The second kappa shape index (κ2) is 3.47. The quantitative estimate of drug-likeness (QED) is 0.304. The summed E-state index contributed by atoms with van der Waals surface area (Å²) < 4.78 is 0. The monoisotopic (exact) mass is 176 g/mol. The zero-order valence-corrected chi connectivity index (χ0v) is 7.35. The van der Waals surface area contributed by atoms with Crippen LogP contribution in [0.1, 0.15) is 11.1 Å². The lowest BCUT2D eigenvalue weighted by molar-refractivity contribution is 0.302. The van der Waals surface area contributed by atoms with Gasteiger partial charge in [0, 0.05) is 13.1 Å². The maximum atomic E-state index is 8.39. The summed E-state index contributed by atoms with van der Waals surface area (Å²) in [6.07, 6.45) is 2.51. The predicted molar refractivity (Wildman–Crippen MR) is 50.8 cm³/mol. The summed E-state index contributed by atoms with van der Waals surface area (Å²) >= 11 is 0. The SMILES string of the molecule is O/N=C\N1CCc2ccccc2C1. The number of hydrogen-bond acceptors (Lipinski definition) is 2. The Kier molecular flexibility index (Phi) is 2.17. The van der Waals surface area contributed by atoms with Gasteiger partial charge in [0.25, 0.3) is 0 Å². The van der Waals surface area contributed by atoms with Crippen LogP contribution in [-0.4, -0.2) is 23.0 Å². The molecule has 3 nitrogen and oxygen atoms in total. The standard InChI is InChI=1S/C10H12N2O/c13-11-8-12-6-5-9-3-1-2-4-10(9)7-12/h1-4,8,13H,5-7H2/b11-8-. The van der Waals surface area contributed by atoms with E-state index in [2.05, 4.69) is 23.4 Å². The molecule has 1 N–H and O–H groups in total. The van der Waals surface area contributed by atoms with Gasteiger partial charge < -0.3 is 10.1 Å². The average Bonchev–Trinajstić information content (AvgIpc) is 2.18. The van der Waals surface area contributed by atoms with Gasteiger partial charge in [0.15, 0.2) is 0 Å². The van der Waals surface area contributed by atoms with E-state index in [9.17, 15) is 0 Å². The van der Waals surface area contributed by atoms with Gasteiger partial charge in [-0.25, -0.2) is 0 Å². The highest BCUT2D eigenvalue weighted by Crippen LogP contribution is 2.16. The van der Waals surface area contributed by atoms with E-state index in [0.717, 1.165) is 19.5 Å². The van der Waals surface area contributed by atoms with Crippen LogP contribution >= 0.6 is 0 Å². The van der Waals surface area contributed by atoms with Crippen molar-refractivity contribution in [3.8, 4) is 0 Å². The van der Waals surface area contributed by atoms with Gasteiger partial charge in [0.1, 0.15) is 6.34 Å². The first-order chi connectivity index (χ1) is 6.40. The second-order valence-electron chi connectivity index (χ2n) is 3.22. The lowest BCUT2D eigenvalue weighted by Gasteiger charge is -2.25. The zero-order valence-electron chi connectivity index (χ0n) is 7.35. The molecule has 0 saturated carbocycles. The Morgan fingerprint density at radius 2 is 2.08 bits per heavy atom. The highest BCUT2D eigenvalue weighted by Gasteiger charge is 2.12. The summed E-state index contributed by atoms with van der Waals surface area (Å²) in [7, 11) is 0. The van der Waals surface area contributed by atoms with Gasteiger partial charge in [-0.05, 0) is 17.5 Å². The summed E-state index contributed by atoms with van der Waals surface area (Å²) in [5, 5.41) is 11.4. The summed E-state index contributed by atoms with van der Waals surface area (Å²) in [5.41, 5.74) is 2.73. The molecule has 2 rings (SSSR count). The van der Waals surface area contributed by atoms with E-state index in [4.69, 9.17) is 5.21 Å². The van der Waals surface area contributed by atoms with Crippen molar-refractivity contribution in [2.24, 2.45) is 5.16 Å². The fourth-order valence-electron chi connectivity index (χ4n) is 1.69. The summed E-state index contributed by atoms with van der Waals surface area (Å²) in [4.78, 5) is 2.00. The number of hydrogen-bond donors (Lipinski definition) is 1. The van der Waals surface area contributed by atoms with Crippen LogP contribution in [0.5, 0.6) is 0 Å². The van der Waals surface area contributed by atoms with Gasteiger partial charge >= 0.3 is 0 Å². The van der Waals surface area contributed by atoms with Crippen molar-refractivity contribution < 1.29 is 5.21 Å². The second-order valence-corrected chi connectivity index (χ2v) is 3.22. The molecule has 13 heavy (non-hydrogen) atoms. The van der Waals surface area contributed by atoms with Gasteiger partial charge in [-0.3, -0.25) is 0 Å². The third kappa shape index (κ3) is 1.64. The minimum absolute atomic E-state index is 0.847. The average molecular weight is 176 g/mol. The molecule has 1 aliphatic rings. The third-order valence-corrected chi connectivity index (χ3v) is 2.38. The molecule has 0 spiro atoms. The van der Waals surface area contributed by atoms with E-state index in [-0.39, 0.29) is 0 Å². The van der Waals surface area contributed by atoms with Gasteiger partial charge in [0.05, 0.1) is 0 Å². The number of fused-ring (bicyclic) bond motifs is 1. The summed E-state index contributed by atoms with van der Waals surface area (Å²) in [6, 6.07) is 8.38. The predicted octanol–water partition coefficient (Wildman–Crippen LogP) is 1.46. The van der Waals surface area contributed by atoms with Gasteiger partial charge in [-0.1, -0.05) is 29.4 Å². The van der Waals surface area contributed by atoms with Gasteiger partial charge in [0.2, 0.25) is 0 Å². The van der Waals surface area contributed by atoms with Crippen LogP contribution in [0.25, 0.3) is 0 Å². The Hall–Kier alpha value is -1.51. The number of nitrogens with zero attached hydrogens (tertiary/aromatic N) is 2. The minimum Gasteiger partial charge on any atom is -0.410 e. The molecular weight excluding hydrogens is 164 g/mol. The van der Waals surface area contributed by atoms with Crippen LogP contribution < -0.4 is 0 Å². The first-order valence-corrected chi connectivity index (χ1v) is 4.38. The highest BCUT2D eigenvalue weighted by atomic mass is 16.4. The Morgan fingerprint density at radius 3 is 2.85 bits per heavy atom. The van der Waals surface area contributed by atoms with E-state index in [1.54, 1.807) is 0 Å². The van der Waals surface area contributed by atoms with Crippen molar-refractivity contribution in [3.63, 3.8) is 0 Å². The molecule has 1 aromatic carbocycles. The normalized spacial score (nSPS) is 16.2. The maximum absolute atomic E-state index is 8.39. The van der Waals surface area contributed by atoms with Crippen molar-refractivity contribution >= 4 is 6.34 Å². The molecule has 0 unspecified atom stereocenters. The molecule has 0 saturated heterocycles. The molecule has 0 aromatic heterocycles. The Labute approximate surface area is 77.3 Å². The topological polar surface area (TPSA) is 35.8 Å². The Balaban J connectivity index is 2.19. The van der Waals surface area contributed by atoms with Crippen molar-refractivity contribution in [3.05, 3.63) is 35.4 Å². The van der Waals surface area contributed by atoms with E-state index < -0.39 is 0 Å². The van der Waals surface area contributed by atoms with Crippen molar-refractivity contribution in [1.82, 2.24) is 4.90 Å². The van der Waals surface area contributed by atoms with Crippen LogP contribution in [0, 0.1) is 0 Å². The molecule has 3 heteroatoms. The molecule has 0 bridgehead atoms. The van der Waals surface area contributed by atoms with Crippen LogP contribution in [0.4, 0.5) is 0 Å². The third-order valence-electron chi connectivity index (χ3n) is 2.38. The van der Waals surface area contributed by atoms with E-state index in [1.807, 2.05) is 11.0 Å². The fourth-order valence-corrected chi connectivity index (χ4v) is 1.69. The highest BCUT2D eigenvalue weighted by molar-refractivity contribution is 5.55. The number of rotatable bonds is 1. The Bertz CT molecular complexity index is 322. The molecule has 0 atom stereocenters. The smallest absolute Gasteiger partial charge is 0.131 e.